The van der Waals surface area contributed by atoms with Gasteiger partial charge in [0, 0.05) is 10.9 Å². The first kappa shape index (κ1) is 18.0. The molecule has 0 aliphatic rings. The lowest BCUT2D eigenvalue weighted by atomic mass is 10.1. The molecule has 4 N–H and O–H groups in total. The van der Waals surface area contributed by atoms with Crippen LogP contribution in [0.1, 0.15) is 0 Å². The predicted octanol–water partition coefficient (Wildman–Crippen LogP) is 2.26. The Hall–Kier alpha value is -2.79. The third kappa shape index (κ3) is 4.24. The monoisotopic (exact) mass is 392 g/mol. The molecule has 3 rings (SSSR count). The minimum absolute atomic E-state index is 0.155. The first-order chi connectivity index (χ1) is 12.6. The molecule has 136 valence electrons. The van der Waals surface area contributed by atoms with E-state index in [0.717, 1.165) is 11.3 Å². The van der Waals surface area contributed by atoms with Gasteiger partial charge >= 0.3 is 0 Å². The van der Waals surface area contributed by atoms with Crippen molar-refractivity contribution in [2.24, 2.45) is 0 Å². The van der Waals surface area contributed by atoms with Crippen LogP contribution in [0.4, 0.5) is 11.1 Å². The van der Waals surface area contributed by atoms with Gasteiger partial charge in [-0.3, -0.25) is 4.79 Å². The maximum absolute atomic E-state index is 12.0. The van der Waals surface area contributed by atoms with E-state index in [9.17, 15) is 4.79 Å². The summed E-state index contributed by atoms with van der Waals surface area (Å²) >= 11 is 2.52. The number of amides is 1. The van der Waals surface area contributed by atoms with Gasteiger partial charge in [0.15, 0.2) is 16.6 Å². The number of anilines is 2. The number of thioether (sulfide) groups is 1. The van der Waals surface area contributed by atoms with Gasteiger partial charge in [0.2, 0.25) is 17.0 Å². The van der Waals surface area contributed by atoms with Crippen LogP contribution in [0.5, 0.6) is 11.5 Å². The second kappa shape index (κ2) is 8.06. The standard InChI is InChI=1S/C15H16N6O3S2/c1-23-10-4-3-8(5-11(10)24-2)9-6-25-14(17-9)18-12(22)7-26-15-19-13(16)20-21-15/h3-6H,7H2,1-2H3,(H,17,18,22)(H3,16,19,20,21). The number of hydrogen-bond acceptors (Lipinski definition) is 9. The number of thiazole rings is 1. The van der Waals surface area contributed by atoms with Crippen LogP contribution in [0.25, 0.3) is 11.3 Å². The number of aromatic nitrogens is 4. The van der Waals surface area contributed by atoms with Crippen LogP contribution in [0.15, 0.2) is 28.7 Å². The van der Waals surface area contributed by atoms with Gasteiger partial charge in [0.1, 0.15) is 0 Å². The molecule has 0 bridgehead atoms. The molecule has 0 saturated heterocycles. The van der Waals surface area contributed by atoms with Crippen molar-refractivity contribution in [1.82, 2.24) is 20.2 Å². The molecular weight excluding hydrogens is 376 g/mol. The van der Waals surface area contributed by atoms with Crippen LogP contribution in [0.2, 0.25) is 0 Å². The summed E-state index contributed by atoms with van der Waals surface area (Å²) < 4.78 is 10.5. The summed E-state index contributed by atoms with van der Waals surface area (Å²) in [5.41, 5.74) is 7.04. The Kier molecular flexibility index (Phi) is 5.58. The number of aromatic amines is 1. The average Bonchev–Trinajstić information content (AvgIpc) is 3.28. The number of benzene rings is 1. The number of nitrogens with one attached hydrogen (secondary N) is 2. The predicted molar refractivity (Wildman–Crippen MR) is 101 cm³/mol. The largest absolute Gasteiger partial charge is 0.493 e. The van der Waals surface area contributed by atoms with Crippen molar-refractivity contribution >= 4 is 40.1 Å². The minimum Gasteiger partial charge on any atom is -0.493 e. The lowest BCUT2D eigenvalue weighted by molar-refractivity contribution is -0.113. The summed E-state index contributed by atoms with van der Waals surface area (Å²) in [7, 11) is 3.16. The van der Waals surface area contributed by atoms with E-state index >= 15 is 0 Å². The lowest BCUT2D eigenvalue weighted by Crippen LogP contribution is -2.13. The number of rotatable bonds is 7. The molecule has 2 aromatic heterocycles. The van der Waals surface area contributed by atoms with Crippen molar-refractivity contribution in [2.45, 2.75) is 5.16 Å². The van der Waals surface area contributed by atoms with Gasteiger partial charge in [0.05, 0.1) is 25.7 Å². The molecule has 0 spiro atoms. The maximum atomic E-state index is 12.0. The van der Waals surface area contributed by atoms with E-state index < -0.39 is 0 Å². The van der Waals surface area contributed by atoms with Gasteiger partial charge in [-0.2, -0.15) is 4.98 Å². The van der Waals surface area contributed by atoms with E-state index in [1.165, 1.54) is 23.1 Å². The third-order valence-corrected chi connectivity index (χ3v) is 4.85. The Bertz CT molecular complexity index is 910. The second-order valence-electron chi connectivity index (χ2n) is 4.95. The molecule has 0 fully saturated rings. The normalized spacial score (nSPS) is 10.5. The second-order valence-corrected chi connectivity index (χ2v) is 6.75. The summed E-state index contributed by atoms with van der Waals surface area (Å²) in [6.07, 6.45) is 0. The highest BCUT2D eigenvalue weighted by Crippen LogP contribution is 2.33. The fraction of sp³-hybridized carbons (Fsp3) is 0.200. The highest BCUT2D eigenvalue weighted by Gasteiger charge is 2.12. The molecule has 9 nitrogen and oxygen atoms in total. The average molecular weight is 392 g/mol. The summed E-state index contributed by atoms with van der Waals surface area (Å²) in [5, 5.41) is 11.9. The molecule has 0 unspecified atom stereocenters. The summed E-state index contributed by atoms with van der Waals surface area (Å²) in [6.45, 7) is 0. The number of hydrogen-bond donors (Lipinski definition) is 3. The molecule has 0 atom stereocenters. The Balaban J connectivity index is 1.63. The van der Waals surface area contributed by atoms with E-state index in [-0.39, 0.29) is 17.6 Å². The molecule has 1 amide bonds. The topological polar surface area (TPSA) is 128 Å². The van der Waals surface area contributed by atoms with Gasteiger partial charge in [-0.25, -0.2) is 10.1 Å². The Morgan fingerprint density at radius 2 is 2.12 bits per heavy atom. The summed E-state index contributed by atoms with van der Waals surface area (Å²) in [6, 6.07) is 5.53. The molecule has 0 radical (unpaired) electrons. The van der Waals surface area contributed by atoms with E-state index in [0.29, 0.717) is 21.8 Å². The Labute approximate surface area is 157 Å². The molecular formula is C15H16N6O3S2. The SMILES string of the molecule is COc1ccc(-c2csc(NC(=O)CSc3n[nH]c(N)n3)n2)cc1OC. The molecule has 0 aliphatic heterocycles. The number of H-pyrrole nitrogens is 1. The van der Waals surface area contributed by atoms with Crippen LogP contribution in [-0.2, 0) is 4.79 Å². The third-order valence-electron chi connectivity index (χ3n) is 3.24. The van der Waals surface area contributed by atoms with Crippen LogP contribution in [-0.4, -0.2) is 46.0 Å². The number of nitrogen functional groups attached to an aromatic ring is 1. The molecule has 0 saturated carbocycles. The fourth-order valence-corrected chi connectivity index (χ4v) is 3.41. The first-order valence-electron chi connectivity index (χ1n) is 7.37. The number of methoxy groups -OCH3 is 2. The number of nitrogens with zero attached hydrogens (tertiary/aromatic N) is 3. The molecule has 0 aliphatic carbocycles. The van der Waals surface area contributed by atoms with Gasteiger partial charge in [0.25, 0.3) is 0 Å². The maximum Gasteiger partial charge on any atom is 0.236 e. The molecule has 3 aromatic rings. The van der Waals surface area contributed by atoms with Crippen LogP contribution >= 0.6 is 23.1 Å². The van der Waals surface area contributed by atoms with Crippen molar-refractivity contribution in [3.05, 3.63) is 23.6 Å². The zero-order valence-electron chi connectivity index (χ0n) is 14.0. The van der Waals surface area contributed by atoms with Crippen molar-refractivity contribution in [1.29, 1.82) is 0 Å². The van der Waals surface area contributed by atoms with Crippen molar-refractivity contribution < 1.29 is 14.3 Å². The number of ether oxygens (including phenoxy) is 2. The summed E-state index contributed by atoms with van der Waals surface area (Å²) in [4.78, 5) is 20.4. The Morgan fingerprint density at radius 1 is 1.31 bits per heavy atom. The number of carbonyl (C=O) groups is 1. The minimum atomic E-state index is -0.202. The van der Waals surface area contributed by atoms with Gasteiger partial charge < -0.3 is 20.5 Å². The number of nitrogens with two attached hydrogens (primary N) is 1. The van der Waals surface area contributed by atoms with E-state index in [1.54, 1.807) is 14.2 Å². The van der Waals surface area contributed by atoms with Crippen LogP contribution in [0.3, 0.4) is 0 Å². The Morgan fingerprint density at radius 3 is 2.81 bits per heavy atom. The van der Waals surface area contributed by atoms with Gasteiger partial charge in [-0.1, -0.05) is 11.8 Å². The lowest BCUT2D eigenvalue weighted by Gasteiger charge is -2.08. The quantitative estimate of drug-likeness (QED) is 0.522. The zero-order valence-corrected chi connectivity index (χ0v) is 15.6. The van der Waals surface area contributed by atoms with Crippen molar-refractivity contribution in [2.75, 3.05) is 31.0 Å². The fourth-order valence-electron chi connectivity index (χ4n) is 2.07. The molecule has 11 heteroatoms. The van der Waals surface area contributed by atoms with E-state index in [1.807, 2.05) is 23.6 Å². The van der Waals surface area contributed by atoms with E-state index in [4.69, 9.17) is 15.2 Å². The molecule has 26 heavy (non-hydrogen) atoms. The van der Waals surface area contributed by atoms with Gasteiger partial charge in [-0.05, 0) is 18.2 Å². The van der Waals surface area contributed by atoms with Crippen molar-refractivity contribution in [3.8, 4) is 22.8 Å². The highest BCUT2D eigenvalue weighted by molar-refractivity contribution is 7.99. The first-order valence-corrected chi connectivity index (χ1v) is 9.24. The van der Waals surface area contributed by atoms with Crippen LogP contribution in [0, 0.1) is 0 Å². The van der Waals surface area contributed by atoms with Crippen molar-refractivity contribution in [3.63, 3.8) is 0 Å². The molecule has 1 aromatic carbocycles. The van der Waals surface area contributed by atoms with Gasteiger partial charge in [-0.15, -0.1) is 16.4 Å². The summed E-state index contributed by atoms with van der Waals surface area (Å²) in [5.74, 6) is 1.43. The van der Waals surface area contributed by atoms with Crippen LogP contribution < -0.4 is 20.5 Å². The highest BCUT2D eigenvalue weighted by atomic mass is 32.2. The number of carbonyl (C=O) groups excluding carboxylic acids is 1. The smallest absolute Gasteiger partial charge is 0.236 e. The molecule has 2 heterocycles. The zero-order chi connectivity index (χ0) is 18.5. The van der Waals surface area contributed by atoms with E-state index in [2.05, 4.69) is 25.5 Å².